The number of anilines is 1. The summed E-state index contributed by atoms with van der Waals surface area (Å²) < 4.78 is 12.2. The summed E-state index contributed by atoms with van der Waals surface area (Å²) in [5.74, 6) is 2.44. The molecule has 20 heavy (non-hydrogen) atoms. The molecule has 1 N–H and O–H groups in total. The smallest absolute Gasteiger partial charge is 0.202 e. The maximum absolute atomic E-state index is 5.21. The molecule has 7 nitrogen and oxygen atoms in total. The summed E-state index contributed by atoms with van der Waals surface area (Å²) in [5.41, 5.74) is 1.81. The molecule has 0 aromatic carbocycles. The van der Waals surface area contributed by atoms with Gasteiger partial charge in [-0.25, -0.2) is 14.6 Å². The Morgan fingerprint density at radius 3 is 2.85 bits per heavy atom. The van der Waals surface area contributed by atoms with Crippen LogP contribution in [0.15, 0.2) is 12.3 Å². The molecule has 0 bridgehead atoms. The fourth-order valence-electron chi connectivity index (χ4n) is 2.37. The number of fused-ring (bicyclic) bond motifs is 1. The average molecular weight is 275 g/mol. The third-order valence-corrected chi connectivity index (χ3v) is 3.26. The predicted octanol–water partition coefficient (Wildman–Crippen LogP) is 1.23. The van der Waals surface area contributed by atoms with E-state index in [1.807, 2.05) is 19.2 Å². The molecule has 3 rings (SSSR count). The molecule has 0 radical (unpaired) electrons. The second kappa shape index (κ2) is 5.18. The molecule has 0 saturated heterocycles. The van der Waals surface area contributed by atoms with Crippen molar-refractivity contribution in [2.24, 2.45) is 0 Å². The topological polar surface area (TPSA) is 74.1 Å². The number of aromatic nitrogens is 4. The van der Waals surface area contributed by atoms with E-state index in [0.29, 0.717) is 5.69 Å². The number of aryl methyl sites for hydroxylation is 1. The molecule has 1 aliphatic rings. The van der Waals surface area contributed by atoms with Gasteiger partial charge in [-0.1, -0.05) is 0 Å². The van der Waals surface area contributed by atoms with Crippen LogP contribution in [-0.2, 0) is 15.9 Å². The zero-order valence-electron chi connectivity index (χ0n) is 11.8. The van der Waals surface area contributed by atoms with Crippen molar-refractivity contribution in [1.29, 1.82) is 0 Å². The highest BCUT2D eigenvalue weighted by Gasteiger charge is 2.21. The number of hydrogen-bond donors (Lipinski definition) is 1. The van der Waals surface area contributed by atoms with Crippen molar-refractivity contribution in [3.63, 3.8) is 0 Å². The monoisotopic (exact) mass is 275 g/mol. The van der Waals surface area contributed by atoms with Gasteiger partial charge < -0.3 is 14.8 Å². The third kappa shape index (κ3) is 2.14. The maximum atomic E-state index is 5.21. The largest absolute Gasteiger partial charge is 0.369 e. The molecule has 0 aliphatic carbocycles. The van der Waals surface area contributed by atoms with Crippen LogP contribution in [0.1, 0.15) is 23.4 Å². The average Bonchev–Trinajstić information content (AvgIpc) is 3.08. The van der Waals surface area contributed by atoms with Gasteiger partial charge in [0.2, 0.25) is 6.29 Å². The van der Waals surface area contributed by atoms with Crippen LogP contribution in [0.5, 0.6) is 0 Å². The molecule has 106 valence electrons. The van der Waals surface area contributed by atoms with Gasteiger partial charge in [0.05, 0.1) is 0 Å². The standard InChI is InChI=1S/C13H17N5O2/c1-8-15-11-9(4-6-14-11)12(16-8)18-7-5-10(17-18)13(19-2)20-3/h5,7,13H,4,6H2,1-3H3,(H,14,15,16). The fourth-order valence-corrected chi connectivity index (χ4v) is 2.37. The van der Waals surface area contributed by atoms with Crippen molar-refractivity contribution in [2.45, 2.75) is 19.6 Å². The van der Waals surface area contributed by atoms with Gasteiger partial charge in [0, 0.05) is 32.5 Å². The highest BCUT2D eigenvalue weighted by molar-refractivity contribution is 5.56. The molecular formula is C13H17N5O2. The lowest BCUT2D eigenvalue weighted by Crippen LogP contribution is -2.08. The molecule has 0 spiro atoms. The van der Waals surface area contributed by atoms with Crippen molar-refractivity contribution in [2.75, 3.05) is 26.1 Å². The van der Waals surface area contributed by atoms with Gasteiger partial charge in [-0.05, 0) is 19.4 Å². The SMILES string of the molecule is COC(OC)c1ccn(-c2nc(C)nc3c2CCN3)n1. The first-order valence-corrected chi connectivity index (χ1v) is 6.46. The number of hydrogen-bond acceptors (Lipinski definition) is 6. The van der Waals surface area contributed by atoms with E-state index in [0.717, 1.165) is 36.0 Å². The van der Waals surface area contributed by atoms with Crippen molar-refractivity contribution < 1.29 is 9.47 Å². The minimum absolute atomic E-state index is 0.467. The number of rotatable bonds is 4. The summed E-state index contributed by atoms with van der Waals surface area (Å²) in [7, 11) is 3.17. The zero-order valence-corrected chi connectivity index (χ0v) is 11.8. The van der Waals surface area contributed by atoms with Gasteiger partial charge >= 0.3 is 0 Å². The maximum Gasteiger partial charge on any atom is 0.202 e. The van der Waals surface area contributed by atoms with Crippen molar-refractivity contribution in [3.8, 4) is 5.82 Å². The van der Waals surface area contributed by atoms with Crippen LogP contribution in [0.25, 0.3) is 5.82 Å². The minimum Gasteiger partial charge on any atom is -0.369 e. The minimum atomic E-state index is -0.467. The summed E-state index contributed by atoms with van der Waals surface area (Å²) in [4.78, 5) is 8.91. The van der Waals surface area contributed by atoms with E-state index in [9.17, 15) is 0 Å². The second-order valence-electron chi connectivity index (χ2n) is 4.59. The molecule has 2 aromatic heterocycles. The Balaban J connectivity index is 2.02. The molecule has 0 amide bonds. The van der Waals surface area contributed by atoms with Crippen LogP contribution < -0.4 is 5.32 Å². The Bertz CT molecular complexity index is 621. The molecule has 0 atom stereocenters. The molecule has 3 heterocycles. The normalized spacial score (nSPS) is 13.6. The summed E-state index contributed by atoms with van der Waals surface area (Å²) in [6.45, 7) is 2.76. The van der Waals surface area contributed by atoms with Crippen molar-refractivity contribution in [3.05, 3.63) is 29.3 Å². The fraction of sp³-hybridized carbons (Fsp3) is 0.462. The molecule has 7 heteroatoms. The number of nitrogens with one attached hydrogen (secondary N) is 1. The Morgan fingerprint density at radius 2 is 2.10 bits per heavy atom. The van der Waals surface area contributed by atoms with Gasteiger partial charge in [-0.3, -0.25) is 0 Å². The highest BCUT2D eigenvalue weighted by Crippen LogP contribution is 2.25. The lowest BCUT2D eigenvalue weighted by molar-refractivity contribution is -0.108. The Hall–Kier alpha value is -1.99. The van der Waals surface area contributed by atoms with E-state index in [4.69, 9.17) is 9.47 Å². The summed E-state index contributed by atoms with van der Waals surface area (Å²) in [5, 5.41) is 7.75. The van der Waals surface area contributed by atoms with Crippen LogP contribution in [0.3, 0.4) is 0 Å². The van der Waals surface area contributed by atoms with Gasteiger partial charge in [0.25, 0.3) is 0 Å². The number of nitrogens with zero attached hydrogens (tertiary/aromatic N) is 4. The van der Waals surface area contributed by atoms with Gasteiger partial charge in [0.15, 0.2) is 5.82 Å². The quantitative estimate of drug-likeness (QED) is 0.846. The second-order valence-corrected chi connectivity index (χ2v) is 4.59. The zero-order chi connectivity index (χ0) is 14.1. The number of ether oxygens (including phenoxy) is 2. The Labute approximate surface area is 116 Å². The summed E-state index contributed by atoms with van der Waals surface area (Å²) in [6, 6.07) is 1.86. The van der Waals surface area contributed by atoms with E-state index in [1.54, 1.807) is 18.9 Å². The predicted molar refractivity (Wildman–Crippen MR) is 72.8 cm³/mol. The van der Waals surface area contributed by atoms with Gasteiger partial charge in [0.1, 0.15) is 17.3 Å². The lowest BCUT2D eigenvalue weighted by atomic mass is 10.2. The molecule has 2 aromatic rings. The first-order chi connectivity index (χ1) is 9.72. The highest BCUT2D eigenvalue weighted by atomic mass is 16.7. The first-order valence-electron chi connectivity index (χ1n) is 6.46. The molecule has 1 aliphatic heterocycles. The molecule has 0 unspecified atom stereocenters. The Kier molecular flexibility index (Phi) is 3.37. The first kappa shape index (κ1) is 13.0. The van der Waals surface area contributed by atoms with Gasteiger partial charge in [-0.15, -0.1) is 0 Å². The van der Waals surface area contributed by atoms with Crippen LogP contribution in [0, 0.1) is 6.92 Å². The number of methoxy groups -OCH3 is 2. The molecule has 0 saturated carbocycles. The van der Waals surface area contributed by atoms with Crippen LogP contribution in [-0.4, -0.2) is 40.5 Å². The lowest BCUT2D eigenvalue weighted by Gasteiger charge is -2.10. The van der Waals surface area contributed by atoms with E-state index >= 15 is 0 Å². The van der Waals surface area contributed by atoms with Crippen LogP contribution in [0.4, 0.5) is 5.82 Å². The van der Waals surface area contributed by atoms with E-state index in [1.165, 1.54) is 0 Å². The van der Waals surface area contributed by atoms with Crippen molar-refractivity contribution in [1.82, 2.24) is 19.7 Å². The molecular weight excluding hydrogens is 258 g/mol. The van der Waals surface area contributed by atoms with E-state index in [2.05, 4.69) is 20.4 Å². The molecule has 0 fully saturated rings. The Morgan fingerprint density at radius 1 is 1.30 bits per heavy atom. The van der Waals surface area contributed by atoms with Crippen LogP contribution in [0.2, 0.25) is 0 Å². The van der Waals surface area contributed by atoms with E-state index in [-0.39, 0.29) is 0 Å². The van der Waals surface area contributed by atoms with Crippen LogP contribution >= 0.6 is 0 Å². The van der Waals surface area contributed by atoms with Gasteiger partial charge in [-0.2, -0.15) is 5.10 Å². The van der Waals surface area contributed by atoms with E-state index < -0.39 is 6.29 Å². The third-order valence-electron chi connectivity index (χ3n) is 3.26. The van der Waals surface area contributed by atoms with Crippen molar-refractivity contribution >= 4 is 5.82 Å². The summed E-state index contributed by atoms with van der Waals surface area (Å²) in [6.07, 6.45) is 2.30. The summed E-state index contributed by atoms with van der Waals surface area (Å²) >= 11 is 0.